The highest BCUT2D eigenvalue weighted by Crippen LogP contribution is 2.45. The molecular weight excluding hydrogens is 420 g/mol. The smallest absolute Gasteiger partial charge is 0.247 e. The van der Waals surface area contributed by atoms with E-state index in [1.54, 1.807) is 23.6 Å². The van der Waals surface area contributed by atoms with Gasteiger partial charge in [0, 0.05) is 23.8 Å². The van der Waals surface area contributed by atoms with Crippen LogP contribution in [0.3, 0.4) is 0 Å². The summed E-state index contributed by atoms with van der Waals surface area (Å²) in [5.41, 5.74) is 6.18. The molecule has 0 fully saturated rings. The number of carbonyl (C=O) groups is 1. The lowest BCUT2D eigenvalue weighted by Crippen LogP contribution is -2.37. The number of thioether (sulfide) groups is 1. The minimum Gasteiger partial charge on any atom is -0.447 e. The number of benzene rings is 2. The van der Waals surface area contributed by atoms with E-state index >= 15 is 0 Å². The minimum absolute atomic E-state index is 0.107. The highest BCUT2D eigenvalue weighted by molar-refractivity contribution is 7.99. The molecule has 1 aliphatic heterocycles. The average molecular weight is 449 g/mol. The third-order valence-corrected chi connectivity index (χ3v) is 6.48. The molecule has 1 atom stereocenters. The molecule has 4 rings (SSSR count). The predicted octanol–water partition coefficient (Wildman–Crippen LogP) is 5.80. The van der Waals surface area contributed by atoms with Crippen molar-refractivity contribution in [2.24, 2.45) is 0 Å². The maximum absolute atomic E-state index is 13.0. The highest BCUT2D eigenvalue weighted by atomic mass is 32.2. The van der Waals surface area contributed by atoms with Gasteiger partial charge in [-0.3, -0.25) is 9.69 Å². The summed E-state index contributed by atoms with van der Waals surface area (Å²) in [6.45, 7) is 9.79. The standard InChI is InChI=1S/C25H28N4O2S/c1-6-7-12-32-25-26-23-21(27-28-25)20-14-15(2)13-17(4)22(20)29(18(5)30)24(31-23)19-11-9-8-10-16(19)3/h8-11,13-14,24H,6-7,12H2,1-5H3/t24-/m0/s1. The van der Waals surface area contributed by atoms with Crippen LogP contribution in [0.5, 0.6) is 5.88 Å². The Bertz CT molecular complexity index is 1160. The molecule has 1 amide bonds. The van der Waals surface area contributed by atoms with Gasteiger partial charge in [-0.1, -0.05) is 61.0 Å². The van der Waals surface area contributed by atoms with Crippen LogP contribution in [0.15, 0.2) is 41.6 Å². The summed E-state index contributed by atoms with van der Waals surface area (Å²) in [5, 5.41) is 9.48. The Morgan fingerprint density at radius 2 is 1.91 bits per heavy atom. The van der Waals surface area contributed by atoms with Crippen molar-refractivity contribution in [1.29, 1.82) is 0 Å². The van der Waals surface area contributed by atoms with Crippen LogP contribution < -0.4 is 9.64 Å². The Balaban J connectivity index is 1.94. The highest BCUT2D eigenvalue weighted by Gasteiger charge is 2.36. The molecule has 3 aromatic rings. The van der Waals surface area contributed by atoms with Crippen LogP contribution in [0.4, 0.5) is 5.69 Å². The van der Waals surface area contributed by atoms with Gasteiger partial charge in [-0.25, -0.2) is 0 Å². The molecule has 0 saturated heterocycles. The van der Waals surface area contributed by atoms with Crippen molar-refractivity contribution in [2.75, 3.05) is 10.7 Å². The summed E-state index contributed by atoms with van der Waals surface area (Å²) in [6.07, 6.45) is 1.54. The molecule has 32 heavy (non-hydrogen) atoms. The molecule has 0 radical (unpaired) electrons. The fourth-order valence-corrected chi connectivity index (χ4v) is 4.90. The molecule has 0 saturated carbocycles. The molecule has 0 N–H and O–H groups in total. The van der Waals surface area contributed by atoms with Crippen molar-refractivity contribution in [3.05, 3.63) is 58.7 Å². The van der Waals surface area contributed by atoms with Crippen LogP contribution in [0.1, 0.15) is 55.2 Å². The molecule has 0 spiro atoms. The molecule has 2 aromatic carbocycles. The first-order valence-corrected chi connectivity index (χ1v) is 11.9. The van der Waals surface area contributed by atoms with E-state index in [2.05, 4.69) is 23.2 Å². The van der Waals surface area contributed by atoms with Gasteiger partial charge in [0.1, 0.15) is 0 Å². The number of amides is 1. The van der Waals surface area contributed by atoms with E-state index < -0.39 is 6.23 Å². The number of unbranched alkanes of at least 4 members (excludes halogenated alkanes) is 1. The molecular formula is C25H28N4O2S. The second-order valence-corrected chi connectivity index (χ2v) is 9.21. The van der Waals surface area contributed by atoms with Crippen molar-refractivity contribution >= 4 is 23.4 Å². The molecule has 1 aromatic heterocycles. The number of rotatable bonds is 5. The molecule has 1 aliphatic rings. The van der Waals surface area contributed by atoms with E-state index in [1.807, 2.05) is 51.1 Å². The van der Waals surface area contributed by atoms with Crippen LogP contribution in [-0.4, -0.2) is 26.8 Å². The zero-order valence-electron chi connectivity index (χ0n) is 19.2. The topological polar surface area (TPSA) is 68.2 Å². The number of anilines is 1. The monoisotopic (exact) mass is 448 g/mol. The predicted molar refractivity (Wildman–Crippen MR) is 128 cm³/mol. The maximum atomic E-state index is 13.0. The Hall–Kier alpha value is -2.93. The second kappa shape index (κ2) is 9.28. The van der Waals surface area contributed by atoms with Crippen LogP contribution in [-0.2, 0) is 4.79 Å². The number of aryl methyl sites for hydroxylation is 3. The zero-order valence-corrected chi connectivity index (χ0v) is 20.0. The van der Waals surface area contributed by atoms with E-state index in [-0.39, 0.29) is 5.91 Å². The average Bonchev–Trinajstić information content (AvgIpc) is 2.89. The van der Waals surface area contributed by atoms with Gasteiger partial charge in [0.15, 0.2) is 5.69 Å². The molecule has 2 heterocycles. The molecule has 166 valence electrons. The molecule has 0 bridgehead atoms. The van der Waals surface area contributed by atoms with E-state index in [4.69, 9.17) is 9.72 Å². The summed E-state index contributed by atoms with van der Waals surface area (Å²) >= 11 is 1.57. The Morgan fingerprint density at radius 3 is 2.62 bits per heavy atom. The van der Waals surface area contributed by atoms with Crippen molar-refractivity contribution < 1.29 is 9.53 Å². The summed E-state index contributed by atoms with van der Waals surface area (Å²) in [6, 6.07) is 12.1. The third-order valence-electron chi connectivity index (χ3n) is 5.56. The Labute approximate surface area is 193 Å². The fraction of sp³-hybridized carbons (Fsp3) is 0.360. The quantitative estimate of drug-likeness (QED) is 0.363. The number of hydrogen-bond donors (Lipinski definition) is 0. The van der Waals surface area contributed by atoms with E-state index in [0.29, 0.717) is 16.7 Å². The van der Waals surface area contributed by atoms with Gasteiger partial charge in [0.05, 0.1) is 5.69 Å². The summed E-state index contributed by atoms with van der Waals surface area (Å²) in [4.78, 5) is 19.5. The van der Waals surface area contributed by atoms with E-state index in [1.165, 1.54) is 0 Å². The van der Waals surface area contributed by atoms with Gasteiger partial charge >= 0.3 is 0 Å². The normalized spacial score (nSPS) is 14.9. The number of hydrogen-bond acceptors (Lipinski definition) is 6. The lowest BCUT2D eigenvalue weighted by atomic mass is 9.99. The number of fused-ring (bicyclic) bond motifs is 3. The number of nitrogens with zero attached hydrogens (tertiary/aromatic N) is 4. The Morgan fingerprint density at radius 1 is 1.12 bits per heavy atom. The fourth-order valence-electron chi connectivity index (χ4n) is 4.04. The molecule has 0 unspecified atom stereocenters. The minimum atomic E-state index is -0.653. The van der Waals surface area contributed by atoms with Gasteiger partial charge in [0.25, 0.3) is 0 Å². The van der Waals surface area contributed by atoms with Crippen LogP contribution >= 0.6 is 11.8 Å². The summed E-state index contributed by atoms with van der Waals surface area (Å²) in [5.74, 6) is 1.22. The van der Waals surface area contributed by atoms with Gasteiger partial charge in [-0.2, -0.15) is 4.98 Å². The first kappa shape index (κ1) is 22.3. The van der Waals surface area contributed by atoms with Crippen LogP contribution in [0.25, 0.3) is 11.3 Å². The van der Waals surface area contributed by atoms with Crippen LogP contribution in [0, 0.1) is 20.8 Å². The number of aromatic nitrogens is 3. The zero-order chi connectivity index (χ0) is 22.8. The maximum Gasteiger partial charge on any atom is 0.247 e. The first-order valence-electron chi connectivity index (χ1n) is 10.9. The van der Waals surface area contributed by atoms with Gasteiger partial charge in [-0.05, 0) is 44.4 Å². The van der Waals surface area contributed by atoms with E-state index in [0.717, 1.165) is 52.1 Å². The number of carbonyl (C=O) groups excluding carboxylic acids is 1. The largest absolute Gasteiger partial charge is 0.447 e. The van der Waals surface area contributed by atoms with Gasteiger partial charge < -0.3 is 4.74 Å². The van der Waals surface area contributed by atoms with Crippen LogP contribution in [0.2, 0.25) is 0 Å². The molecule has 7 heteroatoms. The van der Waals surface area contributed by atoms with Crippen molar-refractivity contribution in [2.45, 2.75) is 58.8 Å². The third kappa shape index (κ3) is 4.21. The number of ether oxygens (including phenoxy) is 1. The SMILES string of the molecule is CCCCSc1nnc2c(n1)O[C@@H](c1ccccc1C)N(C(C)=O)c1c(C)cc(C)cc1-2. The first-order chi connectivity index (χ1) is 15.4. The van der Waals surface area contributed by atoms with Crippen molar-refractivity contribution in [1.82, 2.24) is 15.2 Å². The van der Waals surface area contributed by atoms with E-state index in [9.17, 15) is 4.79 Å². The second-order valence-electron chi connectivity index (χ2n) is 8.14. The molecule has 6 nitrogen and oxygen atoms in total. The summed E-state index contributed by atoms with van der Waals surface area (Å²) < 4.78 is 6.50. The summed E-state index contributed by atoms with van der Waals surface area (Å²) in [7, 11) is 0. The lowest BCUT2D eigenvalue weighted by Gasteiger charge is -2.32. The van der Waals surface area contributed by atoms with Crippen molar-refractivity contribution in [3.63, 3.8) is 0 Å². The van der Waals surface area contributed by atoms with Crippen molar-refractivity contribution in [3.8, 4) is 17.1 Å². The molecule has 0 aliphatic carbocycles. The Kier molecular flexibility index (Phi) is 6.46. The van der Waals surface area contributed by atoms with Gasteiger partial charge in [0.2, 0.25) is 23.2 Å². The van der Waals surface area contributed by atoms with Gasteiger partial charge in [-0.15, -0.1) is 10.2 Å². The lowest BCUT2D eigenvalue weighted by molar-refractivity contribution is -0.118.